The molecule has 2 saturated heterocycles. The molecule has 0 aliphatic carbocycles. The number of fused-ring (bicyclic) bond motifs is 2. The zero-order valence-corrected chi connectivity index (χ0v) is 12.1. The Morgan fingerprint density at radius 2 is 1.95 bits per heavy atom. The number of rotatable bonds is 4. The summed E-state index contributed by atoms with van der Waals surface area (Å²) in [5.41, 5.74) is 1.25. The summed E-state index contributed by atoms with van der Waals surface area (Å²) in [7, 11) is 0. The molecule has 1 unspecified atom stereocenters. The smallest absolute Gasteiger partial charge is 0.222 e. The van der Waals surface area contributed by atoms with Crippen LogP contribution in [0.5, 0.6) is 0 Å². The normalized spacial score (nSPS) is 34.2. The Kier molecular flexibility index (Phi) is 2.63. The van der Waals surface area contributed by atoms with Gasteiger partial charge in [0.25, 0.3) is 0 Å². The fourth-order valence-electron chi connectivity index (χ4n) is 3.73. The van der Waals surface area contributed by atoms with Crippen LogP contribution in [-0.4, -0.2) is 28.9 Å². The summed E-state index contributed by atoms with van der Waals surface area (Å²) in [4.78, 5) is 14.9. The second kappa shape index (κ2) is 6.18. The molecule has 1 aromatic rings. The number of carbonyl (C=O) groups excluding carboxylic acids is 1. The zero-order chi connectivity index (χ0) is 19.8. The molecule has 1 aromatic carbocycles. The first-order valence-electron chi connectivity index (χ1n) is 10.7. The molecule has 2 heterocycles. The van der Waals surface area contributed by atoms with E-state index in [1.165, 1.54) is 5.56 Å². The molecular weight excluding hydrogens is 260 g/mol. The zero-order valence-electron chi connectivity index (χ0n) is 18.1. The van der Waals surface area contributed by atoms with Crippen molar-refractivity contribution in [1.29, 1.82) is 0 Å². The van der Waals surface area contributed by atoms with Gasteiger partial charge in [0.2, 0.25) is 5.91 Å². The van der Waals surface area contributed by atoms with Crippen molar-refractivity contribution in [2.45, 2.75) is 64.1 Å². The lowest BCUT2D eigenvalue weighted by molar-refractivity contribution is -0.125. The van der Waals surface area contributed by atoms with Crippen LogP contribution >= 0.6 is 0 Å². The maximum Gasteiger partial charge on any atom is 0.222 e. The Morgan fingerprint density at radius 3 is 2.57 bits per heavy atom. The molecule has 114 valence electrons. The Balaban J connectivity index is 1.63. The summed E-state index contributed by atoms with van der Waals surface area (Å²) in [6, 6.07) is 10.7. The average Bonchev–Trinajstić information content (AvgIpc) is 2.75. The van der Waals surface area contributed by atoms with E-state index in [1.54, 1.807) is 0 Å². The summed E-state index contributed by atoms with van der Waals surface area (Å²) < 4.78 is 44.7. The van der Waals surface area contributed by atoms with E-state index < -0.39 is 25.5 Å². The van der Waals surface area contributed by atoms with Gasteiger partial charge in [-0.1, -0.05) is 44.0 Å². The maximum absolute atomic E-state index is 12.5. The van der Waals surface area contributed by atoms with Gasteiger partial charge in [-0.05, 0) is 31.2 Å². The lowest BCUT2D eigenvalue weighted by atomic mass is 9.96. The van der Waals surface area contributed by atoms with E-state index in [0.717, 1.165) is 32.2 Å². The largest absolute Gasteiger partial charge is 0.353 e. The van der Waals surface area contributed by atoms with Crippen LogP contribution in [0.3, 0.4) is 0 Å². The first-order chi connectivity index (χ1) is 12.6. The third-order valence-electron chi connectivity index (χ3n) is 4.70. The molecule has 0 aromatic heterocycles. The van der Waals surface area contributed by atoms with E-state index in [4.69, 9.17) is 8.22 Å². The fourth-order valence-corrected chi connectivity index (χ4v) is 3.73. The van der Waals surface area contributed by atoms with Gasteiger partial charge in [0.15, 0.2) is 0 Å². The van der Waals surface area contributed by atoms with Crippen molar-refractivity contribution < 1.29 is 13.0 Å². The minimum Gasteiger partial charge on any atom is -0.353 e. The fraction of sp³-hybridized carbons (Fsp3) is 0.611. The maximum atomic E-state index is 12.5. The van der Waals surface area contributed by atoms with E-state index in [0.29, 0.717) is 12.1 Å². The van der Waals surface area contributed by atoms with Crippen LogP contribution < -0.4 is 5.32 Å². The molecular formula is C18H26N2O. The molecule has 21 heavy (non-hydrogen) atoms. The minimum absolute atomic E-state index is 0.172. The average molecular weight is 292 g/mol. The van der Waals surface area contributed by atoms with Crippen molar-refractivity contribution in [3.05, 3.63) is 35.9 Å². The molecule has 2 fully saturated rings. The number of hydrogen-bond acceptors (Lipinski definition) is 2. The summed E-state index contributed by atoms with van der Waals surface area (Å²) in [6.07, 6.45) is 3.55. The van der Waals surface area contributed by atoms with Crippen LogP contribution in [0.25, 0.3) is 0 Å². The van der Waals surface area contributed by atoms with Gasteiger partial charge in [0.05, 0.1) is 0 Å². The SMILES string of the molecule is [2H]C([2H])([2H])C(C(=O)NC1C[C@H]2CC[C@@H](C1)N2Cc1ccccc1)C([2H])([2H])[2H]. The number of benzene rings is 1. The number of nitrogens with zero attached hydrogens (tertiary/aromatic N) is 1. The van der Waals surface area contributed by atoms with Gasteiger partial charge in [0, 0.05) is 38.8 Å². The Hall–Kier alpha value is -1.35. The number of piperidine rings is 1. The Bertz CT molecular complexity index is 632. The van der Waals surface area contributed by atoms with Gasteiger partial charge < -0.3 is 5.32 Å². The van der Waals surface area contributed by atoms with Crippen LogP contribution in [0.15, 0.2) is 30.3 Å². The van der Waals surface area contributed by atoms with Crippen molar-refractivity contribution >= 4 is 5.91 Å². The van der Waals surface area contributed by atoms with E-state index >= 15 is 0 Å². The van der Waals surface area contributed by atoms with E-state index in [1.807, 2.05) is 18.2 Å². The second-order valence-corrected chi connectivity index (χ2v) is 6.15. The van der Waals surface area contributed by atoms with Crippen LogP contribution in [0.1, 0.15) is 53.2 Å². The van der Waals surface area contributed by atoms with E-state index in [9.17, 15) is 4.79 Å². The molecule has 3 nitrogen and oxygen atoms in total. The lowest BCUT2D eigenvalue weighted by Crippen LogP contribution is -2.50. The van der Waals surface area contributed by atoms with Crippen LogP contribution in [0.2, 0.25) is 0 Å². The molecule has 2 bridgehead atoms. The first-order valence-corrected chi connectivity index (χ1v) is 7.66. The molecule has 3 atom stereocenters. The highest BCUT2D eigenvalue weighted by Crippen LogP contribution is 2.36. The molecule has 0 spiro atoms. The second-order valence-electron chi connectivity index (χ2n) is 6.15. The quantitative estimate of drug-likeness (QED) is 0.925. The Morgan fingerprint density at radius 1 is 1.29 bits per heavy atom. The molecule has 0 saturated carbocycles. The topological polar surface area (TPSA) is 32.3 Å². The van der Waals surface area contributed by atoms with Crippen molar-refractivity contribution in [3.8, 4) is 0 Å². The number of hydrogen-bond donors (Lipinski definition) is 1. The van der Waals surface area contributed by atoms with Crippen molar-refractivity contribution in [3.63, 3.8) is 0 Å². The molecule has 1 N–H and O–H groups in total. The number of carbonyl (C=O) groups is 1. The van der Waals surface area contributed by atoms with Crippen LogP contribution in [-0.2, 0) is 11.3 Å². The third-order valence-corrected chi connectivity index (χ3v) is 4.70. The van der Waals surface area contributed by atoms with Gasteiger partial charge in [-0.25, -0.2) is 0 Å². The number of amides is 1. The van der Waals surface area contributed by atoms with Crippen molar-refractivity contribution in [2.75, 3.05) is 0 Å². The molecule has 3 heteroatoms. The predicted octanol–water partition coefficient (Wildman–Crippen LogP) is 2.95. The van der Waals surface area contributed by atoms with Gasteiger partial charge >= 0.3 is 0 Å². The van der Waals surface area contributed by atoms with Crippen molar-refractivity contribution in [1.82, 2.24) is 10.2 Å². The molecule has 3 rings (SSSR count). The van der Waals surface area contributed by atoms with Gasteiger partial charge in [-0.2, -0.15) is 0 Å². The minimum atomic E-state index is -2.84. The van der Waals surface area contributed by atoms with Crippen LogP contribution in [0.4, 0.5) is 0 Å². The summed E-state index contributed by atoms with van der Waals surface area (Å²) in [5, 5.41) is 2.73. The van der Waals surface area contributed by atoms with Gasteiger partial charge in [0.1, 0.15) is 0 Å². The highest BCUT2D eigenvalue weighted by molar-refractivity contribution is 5.78. The van der Waals surface area contributed by atoms with E-state index in [2.05, 4.69) is 22.3 Å². The highest BCUT2D eigenvalue weighted by Gasteiger charge is 2.40. The molecule has 1 amide bonds. The van der Waals surface area contributed by atoms with Crippen LogP contribution in [0, 0.1) is 5.92 Å². The lowest BCUT2D eigenvalue weighted by Gasteiger charge is -2.39. The summed E-state index contributed by atoms with van der Waals surface area (Å²) in [6.45, 7) is -4.82. The highest BCUT2D eigenvalue weighted by atomic mass is 16.1. The monoisotopic (exact) mass is 292 g/mol. The molecule has 2 aliphatic heterocycles. The third kappa shape index (κ3) is 3.29. The molecule has 2 aliphatic rings. The first kappa shape index (κ1) is 8.94. The summed E-state index contributed by atoms with van der Waals surface area (Å²) in [5.74, 6) is -2.86. The Labute approximate surface area is 136 Å². The van der Waals surface area contributed by atoms with E-state index in [-0.39, 0.29) is 6.04 Å². The standard InChI is InChI=1S/C18H26N2O/c1-13(2)18(21)19-15-10-16-8-9-17(11-15)20(16)12-14-6-4-3-5-7-14/h3-7,13,15-17H,8-12H2,1-2H3,(H,19,21)/t15?,16-,17+/i1D3,2D3. The predicted molar refractivity (Wildman–Crippen MR) is 84.8 cm³/mol. The number of nitrogens with one attached hydrogen (secondary N) is 1. The van der Waals surface area contributed by atoms with Gasteiger partial charge in [-0.15, -0.1) is 0 Å². The van der Waals surface area contributed by atoms with Crippen molar-refractivity contribution in [2.24, 2.45) is 5.92 Å². The molecule has 0 radical (unpaired) electrons. The van der Waals surface area contributed by atoms with Gasteiger partial charge in [-0.3, -0.25) is 9.69 Å². The summed E-state index contributed by atoms with van der Waals surface area (Å²) >= 11 is 0.